The van der Waals surface area contributed by atoms with Crippen LogP contribution in [-0.4, -0.2) is 20.9 Å². The van der Waals surface area contributed by atoms with Gasteiger partial charge in [0, 0.05) is 22.8 Å². The summed E-state index contributed by atoms with van der Waals surface area (Å²) >= 11 is 5.79. The van der Waals surface area contributed by atoms with Crippen LogP contribution in [0, 0.1) is 6.92 Å². The van der Waals surface area contributed by atoms with Crippen LogP contribution in [0.2, 0.25) is 5.02 Å². The fourth-order valence-electron chi connectivity index (χ4n) is 2.08. The first kappa shape index (κ1) is 18.3. The topological polar surface area (TPSA) is 75.3 Å². The van der Waals surface area contributed by atoms with Gasteiger partial charge in [0.25, 0.3) is 15.9 Å². The highest BCUT2D eigenvalue weighted by molar-refractivity contribution is 7.92. The molecule has 0 saturated heterocycles. The van der Waals surface area contributed by atoms with Gasteiger partial charge in [-0.2, -0.15) is 0 Å². The minimum Gasteiger partial charge on any atom is -0.352 e. The van der Waals surface area contributed by atoms with E-state index in [1.54, 1.807) is 37.3 Å². The average Bonchev–Trinajstić information content (AvgIpc) is 2.54. The predicted molar refractivity (Wildman–Crippen MR) is 96.1 cm³/mol. The molecule has 128 valence electrons. The Kier molecular flexibility index (Phi) is 5.85. The van der Waals surface area contributed by atoms with Crippen molar-refractivity contribution >= 4 is 33.2 Å². The molecular formula is C17H19ClN2O3S. The lowest BCUT2D eigenvalue weighted by Crippen LogP contribution is -2.25. The Morgan fingerprint density at radius 3 is 2.42 bits per heavy atom. The van der Waals surface area contributed by atoms with Crippen molar-refractivity contribution in [2.45, 2.75) is 25.2 Å². The van der Waals surface area contributed by atoms with Crippen LogP contribution < -0.4 is 10.0 Å². The number of hydrogen-bond donors (Lipinski definition) is 2. The van der Waals surface area contributed by atoms with Crippen molar-refractivity contribution < 1.29 is 13.2 Å². The van der Waals surface area contributed by atoms with E-state index in [0.717, 1.165) is 6.42 Å². The SMILES string of the molecule is CCCNC(=O)c1cc(S(=O)(=O)Nc2ccc(Cl)cc2)ccc1C. The summed E-state index contributed by atoms with van der Waals surface area (Å²) in [5.41, 5.74) is 1.47. The molecule has 0 aliphatic rings. The first-order valence-electron chi connectivity index (χ1n) is 7.50. The van der Waals surface area contributed by atoms with Gasteiger partial charge in [-0.15, -0.1) is 0 Å². The van der Waals surface area contributed by atoms with Crippen molar-refractivity contribution in [2.75, 3.05) is 11.3 Å². The number of amides is 1. The minimum absolute atomic E-state index is 0.0321. The van der Waals surface area contributed by atoms with Gasteiger partial charge in [-0.1, -0.05) is 24.6 Å². The first-order valence-corrected chi connectivity index (χ1v) is 9.37. The molecule has 2 aromatic rings. The lowest BCUT2D eigenvalue weighted by molar-refractivity contribution is 0.0953. The maximum absolute atomic E-state index is 12.5. The summed E-state index contributed by atoms with van der Waals surface area (Å²) < 4.78 is 27.5. The zero-order valence-corrected chi connectivity index (χ0v) is 15.0. The van der Waals surface area contributed by atoms with Gasteiger partial charge in [-0.05, 0) is 55.3 Å². The van der Waals surface area contributed by atoms with Gasteiger partial charge in [0.05, 0.1) is 4.90 Å². The Bertz CT molecular complexity index is 833. The molecule has 0 unspecified atom stereocenters. The van der Waals surface area contributed by atoms with Gasteiger partial charge < -0.3 is 5.32 Å². The number of rotatable bonds is 6. The maximum atomic E-state index is 12.5. The third-order valence-electron chi connectivity index (χ3n) is 3.40. The molecule has 0 heterocycles. The second-order valence-corrected chi connectivity index (χ2v) is 7.46. The highest BCUT2D eigenvalue weighted by atomic mass is 35.5. The second-order valence-electron chi connectivity index (χ2n) is 5.35. The molecule has 1 amide bonds. The summed E-state index contributed by atoms with van der Waals surface area (Å²) in [6, 6.07) is 10.8. The normalized spacial score (nSPS) is 11.1. The van der Waals surface area contributed by atoms with E-state index in [1.165, 1.54) is 12.1 Å². The Hall–Kier alpha value is -2.05. The molecule has 0 aromatic heterocycles. The highest BCUT2D eigenvalue weighted by Crippen LogP contribution is 2.20. The molecule has 0 atom stereocenters. The van der Waals surface area contributed by atoms with Gasteiger partial charge >= 0.3 is 0 Å². The van der Waals surface area contributed by atoms with Gasteiger partial charge in [-0.3, -0.25) is 9.52 Å². The molecule has 2 aromatic carbocycles. The molecule has 0 saturated carbocycles. The van der Waals surface area contributed by atoms with Crippen LogP contribution in [0.4, 0.5) is 5.69 Å². The number of anilines is 1. The summed E-state index contributed by atoms with van der Waals surface area (Å²) in [6.07, 6.45) is 0.806. The number of carbonyl (C=O) groups is 1. The lowest BCUT2D eigenvalue weighted by Gasteiger charge is -2.11. The summed E-state index contributed by atoms with van der Waals surface area (Å²) in [7, 11) is -3.79. The first-order chi connectivity index (χ1) is 11.3. The monoisotopic (exact) mass is 366 g/mol. The van der Waals surface area contributed by atoms with Crippen LogP contribution in [0.15, 0.2) is 47.4 Å². The molecule has 24 heavy (non-hydrogen) atoms. The Morgan fingerprint density at radius 1 is 1.12 bits per heavy atom. The van der Waals surface area contributed by atoms with Crippen LogP contribution in [0.25, 0.3) is 0 Å². The maximum Gasteiger partial charge on any atom is 0.261 e. The Morgan fingerprint density at radius 2 is 1.79 bits per heavy atom. The van der Waals surface area contributed by atoms with Crippen molar-refractivity contribution in [3.8, 4) is 0 Å². The van der Waals surface area contributed by atoms with E-state index in [9.17, 15) is 13.2 Å². The van der Waals surface area contributed by atoms with Gasteiger partial charge in [0.2, 0.25) is 0 Å². The molecule has 0 aliphatic carbocycles. The fourth-order valence-corrected chi connectivity index (χ4v) is 3.29. The van der Waals surface area contributed by atoms with Crippen molar-refractivity contribution in [1.29, 1.82) is 0 Å². The van der Waals surface area contributed by atoms with Crippen molar-refractivity contribution in [1.82, 2.24) is 5.32 Å². The van der Waals surface area contributed by atoms with Crippen LogP contribution in [0.5, 0.6) is 0 Å². The average molecular weight is 367 g/mol. The van der Waals surface area contributed by atoms with E-state index in [0.29, 0.717) is 28.4 Å². The number of carbonyl (C=O) groups excluding carboxylic acids is 1. The minimum atomic E-state index is -3.79. The quantitative estimate of drug-likeness (QED) is 0.820. The zero-order valence-electron chi connectivity index (χ0n) is 13.5. The van der Waals surface area contributed by atoms with Gasteiger partial charge in [-0.25, -0.2) is 8.42 Å². The van der Waals surface area contributed by atoms with Gasteiger partial charge in [0.15, 0.2) is 0 Å². The molecule has 0 spiro atoms. The summed E-state index contributed by atoms with van der Waals surface area (Å²) in [5.74, 6) is -0.280. The highest BCUT2D eigenvalue weighted by Gasteiger charge is 2.18. The number of hydrogen-bond acceptors (Lipinski definition) is 3. The third kappa shape index (κ3) is 4.49. The molecular weight excluding hydrogens is 348 g/mol. The molecule has 0 aliphatic heterocycles. The van der Waals surface area contributed by atoms with E-state index >= 15 is 0 Å². The second kappa shape index (κ2) is 7.68. The largest absolute Gasteiger partial charge is 0.352 e. The molecule has 2 rings (SSSR count). The summed E-state index contributed by atoms with van der Waals surface area (Å²) in [5, 5.41) is 3.27. The zero-order chi connectivity index (χ0) is 17.7. The third-order valence-corrected chi connectivity index (χ3v) is 5.03. The van der Waals surface area contributed by atoms with Crippen molar-refractivity contribution in [2.24, 2.45) is 0 Å². The predicted octanol–water partition coefficient (Wildman–Crippen LogP) is 3.59. The van der Waals surface area contributed by atoms with Crippen molar-refractivity contribution in [3.63, 3.8) is 0 Å². The Labute approximate surface area is 147 Å². The van der Waals surface area contributed by atoms with E-state index in [2.05, 4.69) is 10.0 Å². The van der Waals surface area contributed by atoms with Gasteiger partial charge in [0.1, 0.15) is 0 Å². The smallest absolute Gasteiger partial charge is 0.261 e. The molecule has 5 nitrogen and oxygen atoms in total. The summed E-state index contributed by atoms with van der Waals surface area (Å²) in [4.78, 5) is 12.2. The van der Waals surface area contributed by atoms with Crippen LogP contribution >= 0.6 is 11.6 Å². The number of nitrogens with one attached hydrogen (secondary N) is 2. The van der Waals surface area contributed by atoms with E-state index in [-0.39, 0.29) is 10.8 Å². The molecule has 2 N–H and O–H groups in total. The van der Waals surface area contributed by atoms with E-state index in [4.69, 9.17) is 11.6 Å². The Balaban J connectivity index is 2.30. The fraction of sp³-hybridized carbons (Fsp3) is 0.235. The number of benzene rings is 2. The number of aryl methyl sites for hydroxylation is 1. The lowest BCUT2D eigenvalue weighted by atomic mass is 10.1. The molecule has 0 radical (unpaired) electrons. The number of sulfonamides is 1. The van der Waals surface area contributed by atoms with E-state index in [1.807, 2.05) is 6.92 Å². The summed E-state index contributed by atoms with van der Waals surface area (Å²) in [6.45, 7) is 4.26. The van der Waals surface area contributed by atoms with Crippen LogP contribution in [-0.2, 0) is 10.0 Å². The van der Waals surface area contributed by atoms with Crippen molar-refractivity contribution in [3.05, 3.63) is 58.6 Å². The molecule has 7 heteroatoms. The van der Waals surface area contributed by atoms with E-state index < -0.39 is 10.0 Å². The van der Waals surface area contributed by atoms with Crippen LogP contribution in [0.3, 0.4) is 0 Å². The molecule has 0 bridgehead atoms. The van der Waals surface area contributed by atoms with Crippen LogP contribution in [0.1, 0.15) is 29.3 Å². The molecule has 0 fully saturated rings. The standard InChI is InChI=1S/C17H19ClN2O3S/c1-3-10-19-17(21)16-11-15(9-4-12(16)2)24(22,23)20-14-7-5-13(18)6-8-14/h4-9,11,20H,3,10H2,1-2H3,(H,19,21). The number of halogens is 1.